The molecule has 0 bridgehead atoms. The van der Waals surface area contributed by atoms with Gasteiger partial charge in [0, 0.05) is 10.2 Å². The van der Waals surface area contributed by atoms with Gasteiger partial charge in [-0.05, 0) is 43.7 Å². The second-order valence-corrected chi connectivity index (χ2v) is 5.60. The minimum atomic E-state index is -0.264. The van der Waals surface area contributed by atoms with Crippen molar-refractivity contribution >= 4 is 27.5 Å². The largest absolute Gasteiger partial charge is 0.446 e. The molecule has 1 saturated heterocycles. The second kappa shape index (κ2) is 5.76. The third kappa shape index (κ3) is 2.91. The molecule has 1 aromatic carbocycles. The van der Waals surface area contributed by atoms with E-state index in [1.54, 1.807) is 0 Å². The number of anilines is 1. The van der Waals surface area contributed by atoms with E-state index in [4.69, 9.17) is 4.42 Å². The van der Waals surface area contributed by atoms with Gasteiger partial charge in [-0.2, -0.15) is 0 Å². The van der Waals surface area contributed by atoms with Crippen molar-refractivity contribution in [3.05, 3.63) is 46.6 Å². The molecule has 2 N–H and O–H groups in total. The summed E-state index contributed by atoms with van der Waals surface area (Å²) in [5.41, 5.74) is 1.03. The molecule has 0 aliphatic carbocycles. The van der Waals surface area contributed by atoms with Crippen molar-refractivity contribution in [1.29, 1.82) is 0 Å². The molecule has 1 atom stereocenters. The van der Waals surface area contributed by atoms with Crippen LogP contribution in [0.2, 0.25) is 0 Å². The van der Waals surface area contributed by atoms with Crippen molar-refractivity contribution in [2.45, 2.75) is 18.9 Å². The summed E-state index contributed by atoms with van der Waals surface area (Å²) in [6, 6.07) is 7.51. The van der Waals surface area contributed by atoms with E-state index in [1.807, 2.05) is 24.3 Å². The Labute approximate surface area is 124 Å². The fraction of sp³-hybridized carbons (Fsp3) is 0.286. The van der Waals surface area contributed by atoms with Crippen LogP contribution in [-0.2, 0) is 0 Å². The summed E-state index contributed by atoms with van der Waals surface area (Å²) in [4.78, 5) is 16.3. The zero-order valence-electron chi connectivity index (χ0n) is 10.7. The summed E-state index contributed by atoms with van der Waals surface area (Å²) in [6.07, 6.45) is 3.51. The first-order valence-electron chi connectivity index (χ1n) is 6.48. The van der Waals surface area contributed by atoms with Gasteiger partial charge in [0.2, 0.25) is 5.89 Å². The van der Waals surface area contributed by atoms with Crippen LogP contribution in [0.15, 0.2) is 39.4 Å². The SMILES string of the molecule is O=C(Nc1ccc(Br)cc1)c1coc(C2CCCN2)n1. The first kappa shape index (κ1) is 13.3. The molecule has 1 aliphatic rings. The summed E-state index contributed by atoms with van der Waals surface area (Å²) in [7, 11) is 0. The molecular weight excluding hydrogens is 322 g/mol. The number of oxazole rings is 1. The molecule has 0 radical (unpaired) electrons. The van der Waals surface area contributed by atoms with Crippen LogP contribution >= 0.6 is 15.9 Å². The number of nitrogens with one attached hydrogen (secondary N) is 2. The number of aromatic nitrogens is 1. The van der Waals surface area contributed by atoms with Gasteiger partial charge in [0.1, 0.15) is 6.26 Å². The van der Waals surface area contributed by atoms with Crippen LogP contribution in [0.25, 0.3) is 0 Å². The Morgan fingerprint density at radius 1 is 1.40 bits per heavy atom. The van der Waals surface area contributed by atoms with Crippen LogP contribution in [-0.4, -0.2) is 17.4 Å². The summed E-state index contributed by atoms with van der Waals surface area (Å²) in [5.74, 6) is 0.323. The lowest BCUT2D eigenvalue weighted by Gasteiger charge is -2.03. The fourth-order valence-electron chi connectivity index (χ4n) is 2.18. The monoisotopic (exact) mass is 335 g/mol. The van der Waals surface area contributed by atoms with E-state index >= 15 is 0 Å². The Morgan fingerprint density at radius 2 is 2.20 bits per heavy atom. The number of carbonyl (C=O) groups excluding carboxylic acids is 1. The van der Waals surface area contributed by atoms with Gasteiger partial charge >= 0.3 is 0 Å². The Kier molecular flexibility index (Phi) is 3.84. The molecule has 0 spiro atoms. The molecule has 104 valence electrons. The van der Waals surface area contributed by atoms with Crippen LogP contribution in [0.1, 0.15) is 35.3 Å². The lowest BCUT2D eigenvalue weighted by Crippen LogP contribution is -2.15. The molecule has 2 heterocycles. The van der Waals surface area contributed by atoms with Crippen LogP contribution in [0.3, 0.4) is 0 Å². The maximum absolute atomic E-state index is 12.1. The molecule has 0 saturated carbocycles. The second-order valence-electron chi connectivity index (χ2n) is 4.68. The third-order valence-electron chi connectivity index (χ3n) is 3.22. The zero-order chi connectivity index (χ0) is 13.9. The van der Waals surface area contributed by atoms with Crippen molar-refractivity contribution in [2.24, 2.45) is 0 Å². The summed E-state index contributed by atoms with van der Waals surface area (Å²) in [6.45, 7) is 0.966. The van der Waals surface area contributed by atoms with Crippen molar-refractivity contribution in [3.63, 3.8) is 0 Å². The first-order chi connectivity index (χ1) is 9.72. The smallest absolute Gasteiger partial charge is 0.277 e. The summed E-state index contributed by atoms with van der Waals surface area (Å²) in [5, 5.41) is 6.07. The van der Waals surface area contributed by atoms with E-state index < -0.39 is 0 Å². The predicted octanol–water partition coefficient (Wildman–Crippen LogP) is 3.11. The molecule has 1 unspecified atom stereocenters. The van der Waals surface area contributed by atoms with E-state index in [9.17, 15) is 4.79 Å². The lowest BCUT2D eigenvalue weighted by molar-refractivity contribution is 0.102. The van der Waals surface area contributed by atoms with Gasteiger partial charge in [-0.25, -0.2) is 4.98 Å². The number of rotatable bonds is 3. The van der Waals surface area contributed by atoms with Gasteiger partial charge in [-0.1, -0.05) is 15.9 Å². The zero-order valence-corrected chi connectivity index (χ0v) is 12.3. The van der Waals surface area contributed by atoms with E-state index in [0.717, 1.165) is 29.5 Å². The highest BCUT2D eigenvalue weighted by Gasteiger charge is 2.22. The topological polar surface area (TPSA) is 67.2 Å². The maximum Gasteiger partial charge on any atom is 0.277 e. The number of carbonyl (C=O) groups is 1. The Bertz CT molecular complexity index is 603. The normalized spacial score (nSPS) is 18.1. The van der Waals surface area contributed by atoms with Gasteiger partial charge in [-0.15, -0.1) is 0 Å². The van der Waals surface area contributed by atoms with Crippen LogP contribution < -0.4 is 10.6 Å². The van der Waals surface area contributed by atoms with Gasteiger partial charge in [0.05, 0.1) is 6.04 Å². The molecule has 1 aromatic heterocycles. The molecule has 1 fully saturated rings. The summed E-state index contributed by atoms with van der Waals surface area (Å²) >= 11 is 3.35. The van der Waals surface area contributed by atoms with E-state index in [0.29, 0.717) is 11.6 Å². The van der Waals surface area contributed by atoms with Crippen molar-refractivity contribution in [2.75, 3.05) is 11.9 Å². The molecular formula is C14H14BrN3O2. The minimum absolute atomic E-state index is 0.129. The molecule has 3 rings (SSSR count). The van der Waals surface area contributed by atoms with E-state index in [1.165, 1.54) is 6.26 Å². The quantitative estimate of drug-likeness (QED) is 0.904. The van der Waals surface area contributed by atoms with Crippen LogP contribution in [0.5, 0.6) is 0 Å². The number of benzene rings is 1. The van der Waals surface area contributed by atoms with Crippen molar-refractivity contribution in [3.8, 4) is 0 Å². The van der Waals surface area contributed by atoms with E-state index in [-0.39, 0.29) is 11.9 Å². The Morgan fingerprint density at radius 3 is 2.90 bits per heavy atom. The van der Waals surface area contributed by atoms with Gasteiger partial charge < -0.3 is 15.1 Å². The van der Waals surface area contributed by atoms with Crippen LogP contribution in [0, 0.1) is 0 Å². The molecule has 1 aliphatic heterocycles. The van der Waals surface area contributed by atoms with Crippen LogP contribution in [0.4, 0.5) is 5.69 Å². The predicted molar refractivity (Wildman–Crippen MR) is 78.6 cm³/mol. The number of hydrogen-bond donors (Lipinski definition) is 2. The number of hydrogen-bond acceptors (Lipinski definition) is 4. The highest BCUT2D eigenvalue weighted by atomic mass is 79.9. The van der Waals surface area contributed by atoms with Gasteiger partial charge in [0.25, 0.3) is 5.91 Å². The molecule has 5 nitrogen and oxygen atoms in total. The molecule has 20 heavy (non-hydrogen) atoms. The standard InChI is InChI=1S/C14H14BrN3O2/c15-9-3-5-10(6-4-9)17-13(19)12-8-20-14(18-12)11-2-1-7-16-11/h3-6,8,11,16H,1-2,7H2,(H,17,19). The Balaban J connectivity index is 1.69. The molecule has 6 heteroatoms. The Hall–Kier alpha value is -1.66. The fourth-order valence-corrected chi connectivity index (χ4v) is 2.44. The number of nitrogens with zero attached hydrogens (tertiary/aromatic N) is 1. The summed E-state index contributed by atoms with van der Waals surface area (Å²) < 4.78 is 6.35. The van der Waals surface area contributed by atoms with Crippen molar-refractivity contribution in [1.82, 2.24) is 10.3 Å². The van der Waals surface area contributed by atoms with Gasteiger partial charge in [-0.3, -0.25) is 4.79 Å². The maximum atomic E-state index is 12.1. The average Bonchev–Trinajstić information content (AvgIpc) is 3.11. The highest BCUT2D eigenvalue weighted by Crippen LogP contribution is 2.22. The number of amides is 1. The van der Waals surface area contributed by atoms with E-state index in [2.05, 4.69) is 31.5 Å². The minimum Gasteiger partial charge on any atom is -0.446 e. The number of halogens is 1. The lowest BCUT2D eigenvalue weighted by atomic mass is 10.2. The van der Waals surface area contributed by atoms with Crippen molar-refractivity contribution < 1.29 is 9.21 Å². The average molecular weight is 336 g/mol. The molecule has 2 aromatic rings. The third-order valence-corrected chi connectivity index (χ3v) is 3.74. The first-order valence-corrected chi connectivity index (χ1v) is 7.27. The van der Waals surface area contributed by atoms with Gasteiger partial charge in [0.15, 0.2) is 5.69 Å². The highest BCUT2D eigenvalue weighted by molar-refractivity contribution is 9.10. The molecule has 1 amide bonds.